The molecule has 0 bridgehead atoms. The van der Waals surface area contributed by atoms with Crippen LogP contribution in [0.5, 0.6) is 5.75 Å². The van der Waals surface area contributed by atoms with Crippen LogP contribution in [0.4, 0.5) is 0 Å². The van der Waals surface area contributed by atoms with E-state index in [4.69, 9.17) is 4.74 Å². The number of aryl methyl sites for hydroxylation is 2. The van der Waals surface area contributed by atoms with Gasteiger partial charge in [0.25, 0.3) is 0 Å². The summed E-state index contributed by atoms with van der Waals surface area (Å²) in [6.45, 7) is 6.14. The Hall–Kier alpha value is -2.67. The van der Waals surface area contributed by atoms with Gasteiger partial charge in [0.2, 0.25) is 0 Å². The van der Waals surface area contributed by atoms with E-state index in [0.717, 1.165) is 21.8 Å². The highest BCUT2D eigenvalue weighted by atomic mass is 32.1. The van der Waals surface area contributed by atoms with Gasteiger partial charge in [-0.05, 0) is 29.0 Å². The quantitative estimate of drug-likeness (QED) is 0.722. The van der Waals surface area contributed by atoms with Gasteiger partial charge in [0.15, 0.2) is 0 Å². The number of rotatable bonds is 5. The van der Waals surface area contributed by atoms with Crippen LogP contribution < -0.4 is 10.4 Å². The zero-order valence-electron chi connectivity index (χ0n) is 12.9. The summed E-state index contributed by atoms with van der Waals surface area (Å²) in [6, 6.07) is 7.81. The topological polar surface area (TPSA) is 61.9 Å². The molecule has 0 aliphatic rings. The SMILES string of the molecule is C=Cc1scc(-n2nnn(C)c2=O)c1COc1ccccc1C. The van der Waals surface area contributed by atoms with Gasteiger partial charge in [-0.25, -0.2) is 4.79 Å². The lowest BCUT2D eigenvalue weighted by atomic mass is 10.2. The van der Waals surface area contributed by atoms with Crippen LogP contribution in [0, 0.1) is 6.92 Å². The summed E-state index contributed by atoms with van der Waals surface area (Å²) in [6.07, 6.45) is 1.76. The zero-order chi connectivity index (χ0) is 16.4. The van der Waals surface area contributed by atoms with Crippen LogP contribution in [0.1, 0.15) is 16.0 Å². The van der Waals surface area contributed by atoms with Gasteiger partial charge in [0.1, 0.15) is 12.4 Å². The van der Waals surface area contributed by atoms with Crippen LogP contribution in [0.15, 0.2) is 41.0 Å². The number of aromatic nitrogens is 4. The molecule has 6 nitrogen and oxygen atoms in total. The van der Waals surface area contributed by atoms with Crippen LogP contribution in [-0.2, 0) is 13.7 Å². The maximum Gasteiger partial charge on any atom is 0.368 e. The van der Waals surface area contributed by atoms with Gasteiger partial charge in [-0.1, -0.05) is 30.9 Å². The molecule has 23 heavy (non-hydrogen) atoms. The Kier molecular flexibility index (Phi) is 4.12. The lowest BCUT2D eigenvalue weighted by molar-refractivity contribution is 0.304. The molecule has 0 N–H and O–H groups in total. The van der Waals surface area contributed by atoms with Crippen molar-refractivity contribution in [3.63, 3.8) is 0 Å². The van der Waals surface area contributed by atoms with E-state index >= 15 is 0 Å². The van der Waals surface area contributed by atoms with E-state index in [0.29, 0.717) is 12.3 Å². The Bertz CT molecular complexity index is 907. The van der Waals surface area contributed by atoms with E-state index in [1.54, 1.807) is 13.1 Å². The molecular weight excluding hydrogens is 312 g/mol. The minimum Gasteiger partial charge on any atom is -0.489 e. The second-order valence-corrected chi connectivity index (χ2v) is 5.93. The van der Waals surface area contributed by atoms with Gasteiger partial charge in [-0.2, -0.15) is 9.36 Å². The first-order chi connectivity index (χ1) is 11.1. The summed E-state index contributed by atoms with van der Waals surface area (Å²) in [4.78, 5) is 13.0. The van der Waals surface area contributed by atoms with Crippen LogP contribution in [0.25, 0.3) is 11.8 Å². The lowest BCUT2D eigenvalue weighted by Gasteiger charge is -2.10. The summed E-state index contributed by atoms with van der Waals surface area (Å²) < 4.78 is 8.39. The van der Waals surface area contributed by atoms with Crippen LogP contribution >= 0.6 is 11.3 Å². The summed E-state index contributed by atoms with van der Waals surface area (Å²) in [5.74, 6) is 0.811. The number of hydrogen-bond acceptors (Lipinski definition) is 5. The summed E-state index contributed by atoms with van der Waals surface area (Å²) in [5, 5.41) is 9.52. The normalized spacial score (nSPS) is 10.7. The van der Waals surface area contributed by atoms with Crippen molar-refractivity contribution < 1.29 is 4.74 Å². The first kappa shape index (κ1) is 15.2. The van der Waals surface area contributed by atoms with E-state index in [-0.39, 0.29) is 5.69 Å². The van der Waals surface area contributed by atoms with Gasteiger partial charge in [0, 0.05) is 22.9 Å². The Balaban J connectivity index is 1.97. The third-order valence-corrected chi connectivity index (χ3v) is 4.51. The van der Waals surface area contributed by atoms with Crippen molar-refractivity contribution in [1.29, 1.82) is 0 Å². The molecule has 0 radical (unpaired) electrons. The average molecular weight is 328 g/mol. The van der Waals surface area contributed by atoms with Crippen LogP contribution in [-0.4, -0.2) is 19.8 Å². The van der Waals surface area contributed by atoms with Gasteiger partial charge >= 0.3 is 5.69 Å². The molecule has 0 spiro atoms. The maximum atomic E-state index is 12.1. The van der Waals surface area contributed by atoms with Crippen molar-refractivity contribution in [2.24, 2.45) is 7.05 Å². The minimum absolute atomic E-state index is 0.296. The fourth-order valence-corrected chi connectivity index (χ4v) is 3.10. The first-order valence-electron chi connectivity index (χ1n) is 7.02. The van der Waals surface area contributed by atoms with Crippen molar-refractivity contribution in [1.82, 2.24) is 19.8 Å². The number of tetrazole rings is 1. The Labute approximate surface area is 137 Å². The largest absolute Gasteiger partial charge is 0.489 e. The number of benzene rings is 1. The van der Waals surface area contributed by atoms with Crippen molar-refractivity contribution >= 4 is 17.4 Å². The minimum atomic E-state index is -0.296. The molecule has 7 heteroatoms. The van der Waals surface area contributed by atoms with Gasteiger partial charge in [-0.15, -0.1) is 11.3 Å². The van der Waals surface area contributed by atoms with E-state index in [1.165, 1.54) is 20.7 Å². The van der Waals surface area contributed by atoms with Crippen molar-refractivity contribution in [2.45, 2.75) is 13.5 Å². The summed E-state index contributed by atoms with van der Waals surface area (Å²) >= 11 is 1.49. The molecule has 0 atom stereocenters. The molecule has 0 amide bonds. The highest BCUT2D eigenvalue weighted by molar-refractivity contribution is 7.11. The van der Waals surface area contributed by atoms with Crippen molar-refractivity contribution in [3.8, 4) is 11.4 Å². The van der Waals surface area contributed by atoms with E-state index in [2.05, 4.69) is 17.0 Å². The fraction of sp³-hybridized carbons (Fsp3) is 0.188. The molecule has 0 aliphatic carbocycles. The number of thiophene rings is 1. The molecule has 1 aromatic carbocycles. The number of para-hydroxylation sites is 1. The van der Waals surface area contributed by atoms with E-state index in [1.807, 2.05) is 36.6 Å². The van der Waals surface area contributed by atoms with Crippen molar-refractivity contribution in [3.05, 3.63) is 62.7 Å². The molecule has 118 valence electrons. The maximum absolute atomic E-state index is 12.1. The Morgan fingerprint density at radius 1 is 1.35 bits per heavy atom. The summed E-state index contributed by atoms with van der Waals surface area (Å²) in [5.41, 5.74) is 2.31. The Morgan fingerprint density at radius 2 is 2.13 bits per heavy atom. The van der Waals surface area contributed by atoms with Crippen molar-refractivity contribution in [2.75, 3.05) is 0 Å². The average Bonchev–Trinajstić information content (AvgIpc) is 3.10. The predicted molar refractivity (Wildman–Crippen MR) is 90.1 cm³/mol. The predicted octanol–water partition coefficient (Wildman–Crippen LogP) is 2.56. The second-order valence-electron chi connectivity index (χ2n) is 5.02. The van der Waals surface area contributed by atoms with Gasteiger partial charge < -0.3 is 4.74 Å². The number of ether oxygens (including phenoxy) is 1. The van der Waals surface area contributed by atoms with Gasteiger partial charge in [-0.3, -0.25) is 0 Å². The number of hydrogen-bond donors (Lipinski definition) is 0. The zero-order valence-corrected chi connectivity index (χ0v) is 13.7. The first-order valence-corrected chi connectivity index (χ1v) is 7.90. The van der Waals surface area contributed by atoms with E-state index < -0.39 is 0 Å². The molecule has 3 aromatic rings. The molecule has 0 saturated heterocycles. The standard InChI is InChI=1S/C16H16N4O2S/c1-4-15-12(9-22-14-8-6-5-7-11(14)2)13(10-23-15)20-16(21)19(3)17-18-20/h4-8,10H,1,9H2,2-3H3. The molecule has 0 aliphatic heterocycles. The van der Waals surface area contributed by atoms with Crippen LogP contribution in [0.2, 0.25) is 0 Å². The van der Waals surface area contributed by atoms with Gasteiger partial charge in [0.05, 0.1) is 5.69 Å². The second kappa shape index (κ2) is 6.21. The highest BCUT2D eigenvalue weighted by Gasteiger charge is 2.16. The molecular formula is C16H16N4O2S. The van der Waals surface area contributed by atoms with Crippen LogP contribution in [0.3, 0.4) is 0 Å². The molecule has 0 saturated carbocycles. The third-order valence-electron chi connectivity index (χ3n) is 3.50. The smallest absolute Gasteiger partial charge is 0.368 e. The molecule has 3 rings (SSSR count). The molecule has 0 unspecified atom stereocenters. The molecule has 0 fully saturated rings. The van der Waals surface area contributed by atoms with E-state index in [9.17, 15) is 4.79 Å². The third kappa shape index (κ3) is 2.83. The monoisotopic (exact) mass is 328 g/mol. The summed E-state index contributed by atoms with van der Waals surface area (Å²) in [7, 11) is 1.57. The molecule has 2 heterocycles. The Morgan fingerprint density at radius 3 is 2.78 bits per heavy atom. The number of nitrogens with zero attached hydrogens (tertiary/aromatic N) is 4. The lowest BCUT2D eigenvalue weighted by Crippen LogP contribution is -2.22. The fourth-order valence-electron chi connectivity index (χ4n) is 2.22. The highest BCUT2D eigenvalue weighted by Crippen LogP contribution is 2.28. The molecule has 2 aromatic heterocycles.